The number of benzene rings is 2. The van der Waals surface area contributed by atoms with Gasteiger partial charge in [0.25, 0.3) is 0 Å². The van der Waals surface area contributed by atoms with Gasteiger partial charge in [0.05, 0.1) is 13.7 Å². The number of hydrogen-bond donors (Lipinski definition) is 1. The molecule has 24 heavy (non-hydrogen) atoms. The average Bonchev–Trinajstić information content (AvgIpc) is 3.10. The molecule has 0 amide bonds. The summed E-state index contributed by atoms with van der Waals surface area (Å²) in [5, 5.41) is 22.1. The van der Waals surface area contributed by atoms with Gasteiger partial charge in [-0.2, -0.15) is 4.80 Å². The van der Waals surface area contributed by atoms with E-state index in [0.717, 1.165) is 11.3 Å². The van der Waals surface area contributed by atoms with Crippen molar-refractivity contribution in [1.82, 2.24) is 20.2 Å². The molecule has 0 bridgehead atoms. The molecule has 0 fully saturated rings. The van der Waals surface area contributed by atoms with Crippen molar-refractivity contribution in [2.45, 2.75) is 12.6 Å². The minimum absolute atomic E-state index is 0.0677. The topological polar surface area (TPSA) is 82.3 Å². The summed E-state index contributed by atoms with van der Waals surface area (Å²) in [5.74, 6) is 1.71. The maximum absolute atomic E-state index is 10.1. The lowest BCUT2D eigenvalue weighted by atomic mass is 10.2. The minimum Gasteiger partial charge on any atom is -0.497 e. The van der Waals surface area contributed by atoms with Crippen LogP contribution in [-0.2, 0) is 6.54 Å². The maximum Gasteiger partial charge on any atom is 0.206 e. The monoisotopic (exact) mass is 326 g/mol. The fourth-order valence-corrected chi connectivity index (χ4v) is 2.12. The number of nitrogens with zero attached hydrogens (tertiary/aromatic N) is 4. The Hall–Kier alpha value is -2.93. The van der Waals surface area contributed by atoms with Crippen molar-refractivity contribution in [3.05, 3.63) is 66.0 Å². The van der Waals surface area contributed by atoms with Crippen LogP contribution >= 0.6 is 0 Å². The second-order valence-corrected chi connectivity index (χ2v) is 5.17. The molecule has 7 heteroatoms. The molecule has 0 aliphatic heterocycles. The lowest BCUT2D eigenvalue weighted by molar-refractivity contribution is 0.100. The summed E-state index contributed by atoms with van der Waals surface area (Å²) in [5.41, 5.74) is 1.01. The number of rotatable bonds is 7. The van der Waals surface area contributed by atoms with Gasteiger partial charge in [-0.1, -0.05) is 30.3 Å². The second kappa shape index (κ2) is 7.56. The zero-order valence-corrected chi connectivity index (χ0v) is 13.2. The van der Waals surface area contributed by atoms with Crippen LogP contribution in [0.2, 0.25) is 0 Å². The quantitative estimate of drug-likeness (QED) is 0.713. The van der Waals surface area contributed by atoms with Crippen LogP contribution in [0.3, 0.4) is 0 Å². The van der Waals surface area contributed by atoms with Crippen molar-refractivity contribution in [1.29, 1.82) is 0 Å². The van der Waals surface area contributed by atoms with E-state index in [0.29, 0.717) is 12.3 Å². The van der Waals surface area contributed by atoms with Gasteiger partial charge in [0.2, 0.25) is 5.82 Å². The van der Waals surface area contributed by atoms with Gasteiger partial charge in [-0.15, -0.1) is 10.2 Å². The van der Waals surface area contributed by atoms with Gasteiger partial charge in [0, 0.05) is 0 Å². The van der Waals surface area contributed by atoms with Crippen LogP contribution < -0.4 is 9.47 Å². The predicted octanol–water partition coefficient (Wildman–Crippen LogP) is 1.84. The van der Waals surface area contributed by atoms with Crippen molar-refractivity contribution in [2.24, 2.45) is 0 Å². The van der Waals surface area contributed by atoms with Crippen LogP contribution in [0, 0.1) is 0 Å². The number of methoxy groups -OCH3 is 1. The van der Waals surface area contributed by atoms with E-state index in [1.54, 1.807) is 7.11 Å². The number of aliphatic hydroxyl groups is 1. The first-order chi connectivity index (χ1) is 11.7. The SMILES string of the molecule is COc1ccc(Cn2nnc(C(O)COc3ccccc3)n2)cc1. The van der Waals surface area contributed by atoms with Crippen molar-refractivity contribution in [3.63, 3.8) is 0 Å². The molecule has 7 nitrogen and oxygen atoms in total. The van der Waals surface area contributed by atoms with Crippen LogP contribution in [0.1, 0.15) is 17.5 Å². The first kappa shape index (κ1) is 15.9. The molecule has 3 rings (SSSR count). The van der Waals surface area contributed by atoms with Crippen LogP contribution in [-0.4, -0.2) is 39.0 Å². The van der Waals surface area contributed by atoms with Crippen molar-refractivity contribution < 1.29 is 14.6 Å². The Bertz CT molecular complexity index is 759. The molecule has 1 atom stereocenters. The van der Waals surface area contributed by atoms with E-state index < -0.39 is 6.10 Å². The Morgan fingerprint density at radius 1 is 1.04 bits per heavy atom. The second-order valence-electron chi connectivity index (χ2n) is 5.17. The van der Waals surface area contributed by atoms with Gasteiger partial charge < -0.3 is 14.6 Å². The van der Waals surface area contributed by atoms with Gasteiger partial charge in [-0.25, -0.2) is 0 Å². The lowest BCUT2D eigenvalue weighted by Gasteiger charge is -2.08. The number of tetrazole rings is 1. The highest BCUT2D eigenvalue weighted by molar-refractivity contribution is 5.27. The van der Waals surface area contributed by atoms with E-state index in [2.05, 4.69) is 15.4 Å². The van der Waals surface area contributed by atoms with Crippen molar-refractivity contribution >= 4 is 0 Å². The van der Waals surface area contributed by atoms with Gasteiger partial charge >= 0.3 is 0 Å². The molecule has 1 aromatic heterocycles. The van der Waals surface area contributed by atoms with E-state index in [9.17, 15) is 5.11 Å². The van der Waals surface area contributed by atoms with Crippen LogP contribution in [0.15, 0.2) is 54.6 Å². The third-order valence-electron chi connectivity index (χ3n) is 3.40. The van der Waals surface area contributed by atoms with E-state index >= 15 is 0 Å². The molecule has 0 saturated carbocycles. The van der Waals surface area contributed by atoms with Crippen molar-refractivity contribution in [2.75, 3.05) is 13.7 Å². The molecule has 3 aromatic rings. The molecule has 1 N–H and O–H groups in total. The first-order valence-electron chi connectivity index (χ1n) is 7.51. The first-order valence-corrected chi connectivity index (χ1v) is 7.51. The number of aromatic nitrogens is 4. The zero-order chi connectivity index (χ0) is 16.8. The summed E-state index contributed by atoms with van der Waals surface area (Å²) in [6.07, 6.45) is -0.935. The van der Waals surface area contributed by atoms with E-state index in [-0.39, 0.29) is 12.4 Å². The highest BCUT2D eigenvalue weighted by atomic mass is 16.5. The summed E-state index contributed by atoms with van der Waals surface area (Å²) in [6.45, 7) is 0.529. The average molecular weight is 326 g/mol. The molecule has 1 heterocycles. The number of ether oxygens (including phenoxy) is 2. The molecule has 0 spiro atoms. The zero-order valence-electron chi connectivity index (χ0n) is 13.2. The Kier molecular flexibility index (Phi) is 5.02. The largest absolute Gasteiger partial charge is 0.497 e. The molecule has 0 radical (unpaired) electrons. The highest BCUT2D eigenvalue weighted by Gasteiger charge is 2.15. The Labute approximate surface area is 139 Å². The molecular formula is C17H18N4O3. The molecular weight excluding hydrogens is 308 g/mol. The summed E-state index contributed by atoms with van der Waals surface area (Å²) in [7, 11) is 1.62. The normalized spacial score (nSPS) is 11.9. The molecule has 2 aromatic carbocycles. The van der Waals surface area contributed by atoms with Crippen molar-refractivity contribution in [3.8, 4) is 11.5 Å². The lowest BCUT2D eigenvalue weighted by Crippen LogP contribution is -2.12. The van der Waals surface area contributed by atoms with Gasteiger partial charge in [0.1, 0.15) is 18.1 Å². The molecule has 0 aliphatic rings. The summed E-state index contributed by atoms with van der Waals surface area (Å²) >= 11 is 0. The van der Waals surface area contributed by atoms with Crippen LogP contribution in [0.4, 0.5) is 0 Å². The number of para-hydroxylation sites is 1. The number of aliphatic hydroxyl groups excluding tert-OH is 1. The van der Waals surface area contributed by atoms with Gasteiger partial charge in [0.15, 0.2) is 6.10 Å². The third-order valence-corrected chi connectivity index (χ3v) is 3.40. The van der Waals surface area contributed by atoms with E-state index in [1.807, 2.05) is 54.6 Å². The molecule has 0 saturated heterocycles. The third kappa shape index (κ3) is 4.08. The Morgan fingerprint density at radius 2 is 1.79 bits per heavy atom. The maximum atomic E-state index is 10.1. The summed E-state index contributed by atoms with van der Waals surface area (Å²) < 4.78 is 10.6. The standard InChI is InChI=1S/C17H18N4O3/c1-23-14-9-7-13(8-10-14)11-21-19-17(18-20-21)16(22)12-24-15-5-3-2-4-6-15/h2-10,16,22H,11-12H2,1H3. The fourth-order valence-electron chi connectivity index (χ4n) is 2.12. The Morgan fingerprint density at radius 3 is 2.50 bits per heavy atom. The summed E-state index contributed by atoms with van der Waals surface area (Å²) in [4.78, 5) is 1.43. The van der Waals surface area contributed by atoms with Gasteiger partial charge in [-0.05, 0) is 35.0 Å². The van der Waals surface area contributed by atoms with E-state index in [4.69, 9.17) is 9.47 Å². The predicted molar refractivity (Wildman–Crippen MR) is 86.8 cm³/mol. The van der Waals surface area contributed by atoms with Gasteiger partial charge in [-0.3, -0.25) is 0 Å². The Balaban J connectivity index is 1.57. The van der Waals surface area contributed by atoms with E-state index in [1.165, 1.54) is 4.80 Å². The fraction of sp³-hybridized carbons (Fsp3) is 0.235. The van der Waals surface area contributed by atoms with Crippen LogP contribution in [0.25, 0.3) is 0 Å². The molecule has 1 unspecified atom stereocenters. The smallest absolute Gasteiger partial charge is 0.206 e. The molecule has 0 aliphatic carbocycles. The van der Waals surface area contributed by atoms with Crippen LogP contribution in [0.5, 0.6) is 11.5 Å². The minimum atomic E-state index is -0.935. The highest BCUT2D eigenvalue weighted by Crippen LogP contribution is 2.14. The number of hydrogen-bond acceptors (Lipinski definition) is 6. The molecule has 124 valence electrons. The summed E-state index contributed by atoms with van der Waals surface area (Å²) in [6, 6.07) is 16.9.